The van der Waals surface area contributed by atoms with Crippen LogP contribution in [-0.2, 0) is 4.74 Å². The third kappa shape index (κ3) is 4.66. The van der Waals surface area contributed by atoms with Gasteiger partial charge in [0.2, 0.25) is 0 Å². The molecule has 26 heavy (non-hydrogen) atoms. The van der Waals surface area contributed by atoms with Crippen molar-refractivity contribution in [1.82, 2.24) is 5.32 Å². The minimum absolute atomic E-state index is 0.0399. The topological polar surface area (TPSA) is 98.5 Å². The number of nitrogens with one attached hydrogen (secondary N) is 1. The van der Waals surface area contributed by atoms with Crippen LogP contribution in [0.5, 0.6) is 0 Å². The molecule has 0 aliphatic heterocycles. The number of nitro benzene ring substituents is 1. The zero-order chi connectivity index (χ0) is 19.1. The number of esters is 1. The van der Waals surface area contributed by atoms with Crippen LogP contribution in [0, 0.1) is 10.1 Å². The molecule has 0 bridgehead atoms. The van der Waals surface area contributed by atoms with Gasteiger partial charge in [-0.2, -0.15) is 0 Å². The first-order chi connectivity index (χ1) is 12.5. The van der Waals surface area contributed by atoms with E-state index >= 15 is 0 Å². The molecule has 0 heterocycles. The van der Waals surface area contributed by atoms with Gasteiger partial charge in [-0.05, 0) is 18.1 Å². The molecule has 2 aromatic rings. The predicted octanol–water partition coefficient (Wildman–Crippen LogP) is 3.31. The summed E-state index contributed by atoms with van der Waals surface area (Å²) < 4.78 is 4.59. The van der Waals surface area contributed by atoms with E-state index in [2.05, 4.69) is 10.1 Å². The Labute approximate surface area is 151 Å². The third-order valence-corrected chi connectivity index (χ3v) is 4.08. The normalized spacial score (nSPS) is 11.5. The van der Waals surface area contributed by atoms with Gasteiger partial charge in [-0.15, -0.1) is 0 Å². The standard InChI is InChI=1S/C19H20N2O5/c1-3-13(14-7-5-4-6-8-14)12-20-18(22)15-9-16(19(23)26-2)11-17(10-15)21(24)25/h4-11,13H,3,12H2,1-2H3,(H,20,22). The molecule has 7 heteroatoms. The first kappa shape index (κ1) is 19.1. The van der Waals surface area contributed by atoms with Crippen LogP contribution in [0.2, 0.25) is 0 Å². The van der Waals surface area contributed by atoms with Crippen molar-refractivity contribution in [1.29, 1.82) is 0 Å². The van der Waals surface area contributed by atoms with E-state index in [-0.39, 0.29) is 22.7 Å². The van der Waals surface area contributed by atoms with Gasteiger partial charge in [-0.1, -0.05) is 37.3 Å². The summed E-state index contributed by atoms with van der Waals surface area (Å²) >= 11 is 0. The number of amides is 1. The largest absolute Gasteiger partial charge is 0.465 e. The Morgan fingerprint density at radius 3 is 2.38 bits per heavy atom. The Kier molecular flexibility index (Phi) is 6.43. The molecule has 1 N–H and O–H groups in total. The fraction of sp³-hybridized carbons (Fsp3) is 0.263. The number of benzene rings is 2. The first-order valence-corrected chi connectivity index (χ1v) is 8.17. The maximum absolute atomic E-state index is 12.4. The second-order valence-corrected chi connectivity index (χ2v) is 5.74. The molecule has 0 spiro atoms. The molecular weight excluding hydrogens is 336 g/mol. The van der Waals surface area contributed by atoms with Crippen LogP contribution in [0.1, 0.15) is 45.5 Å². The minimum Gasteiger partial charge on any atom is -0.465 e. The summed E-state index contributed by atoms with van der Waals surface area (Å²) in [5.41, 5.74) is 0.766. The van der Waals surface area contributed by atoms with Gasteiger partial charge in [0, 0.05) is 30.2 Å². The number of hydrogen-bond acceptors (Lipinski definition) is 5. The summed E-state index contributed by atoms with van der Waals surface area (Å²) in [7, 11) is 1.17. The Bertz CT molecular complexity index is 805. The molecule has 1 atom stereocenters. The summed E-state index contributed by atoms with van der Waals surface area (Å²) in [5.74, 6) is -1.09. The number of hydrogen-bond donors (Lipinski definition) is 1. The molecule has 0 aromatic heterocycles. The molecule has 0 radical (unpaired) electrons. The molecule has 1 amide bonds. The van der Waals surface area contributed by atoms with Crippen LogP contribution in [0.4, 0.5) is 5.69 Å². The monoisotopic (exact) mass is 356 g/mol. The van der Waals surface area contributed by atoms with Gasteiger partial charge in [0.15, 0.2) is 0 Å². The third-order valence-electron chi connectivity index (χ3n) is 4.08. The van der Waals surface area contributed by atoms with Crippen molar-refractivity contribution < 1.29 is 19.2 Å². The van der Waals surface area contributed by atoms with E-state index in [1.807, 2.05) is 37.3 Å². The van der Waals surface area contributed by atoms with E-state index in [4.69, 9.17) is 0 Å². The first-order valence-electron chi connectivity index (χ1n) is 8.17. The van der Waals surface area contributed by atoms with E-state index in [1.165, 1.54) is 13.2 Å². The average molecular weight is 356 g/mol. The molecule has 2 rings (SSSR count). The summed E-state index contributed by atoms with van der Waals surface area (Å²) in [5, 5.41) is 13.8. The maximum Gasteiger partial charge on any atom is 0.338 e. The zero-order valence-electron chi connectivity index (χ0n) is 14.6. The fourth-order valence-electron chi connectivity index (χ4n) is 2.62. The number of non-ortho nitro benzene ring substituents is 1. The molecule has 0 saturated heterocycles. The highest BCUT2D eigenvalue weighted by Gasteiger charge is 2.19. The quantitative estimate of drug-likeness (QED) is 0.466. The summed E-state index contributed by atoms with van der Waals surface area (Å²) in [4.78, 5) is 34.5. The van der Waals surface area contributed by atoms with Crippen molar-refractivity contribution in [2.75, 3.05) is 13.7 Å². The Morgan fingerprint density at radius 2 is 1.81 bits per heavy atom. The smallest absolute Gasteiger partial charge is 0.338 e. The highest BCUT2D eigenvalue weighted by Crippen LogP contribution is 2.20. The Hall–Kier alpha value is -3.22. The second kappa shape index (κ2) is 8.75. The van der Waals surface area contributed by atoms with Crippen molar-refractivity contribution in [3.63, 3.8) is 0 Å². The van der Waals surface area contributed by atoms with Gasteiger partial charge < -0.3 is 10.1 Å². The zero-order valence-corrected chi connectivity index (χ0v) is 14.6. The summed E-state index contributed by atoms with van der Waals surface area (Å²) in [6, 6.07) is 13.3. The lowest BCUT2D eigenvalue weighted by Crippen LogP contribution is -2.28. The fourth-order valence-corrected chi connectivity index (χ4v) is 2.62. The molecule has 7 nitrogen and oxygen atoms in total. The van der Waals surface area contributed by atoms with E-state index in [9.17, 15) is 19.7 Å². The number of ether oxygens (including phenoxy) is 1. The lowest BCUT2D eigenvalue weighted by Gasteiger charge is -2.16. The predicted molar refractivity (Wildman–Crippen MR) is 96.2 cm³/mol. The van der Waals surface area contributed by atoms with Crippen LogP contribution in [0.15, 0.2) is 48.5 Å². The van der Waals surface area contributed by atoms with Crippen molar-refractivity contribution in [2.24, 2.45) is 0 Å². The molecule has 136 valence electrons. The average Bonchev–Trinajstić information content (AvgIpc) is 2.68. The van der Waals surface area contributed by atoms with Crippen molar-refractivity contribution >= 4 is 17.6 Å². The highest BCUT2D eigenvalue weighted by atomic mass is 16.6. The van der Waals surface area contributed by atoms with E-state index in [0.29, 0.717) is 6.54 Å². The van der Waals surface area contributed by atoms with Gasteiger partial charge in [0.05, 0.1) is 17.6 Å². The number of methoxy groups -OCH3 is 1. The molecule has 0 aliphatic carbocycles. The van der Waals surface area contributed by atoms with Crippen molar-refractivity contribution in [3.8, 4) is 0 Å². The molecular formula is C19H20N2O5. The molecule has 0 saturated carbocycles. The maximum atomic E-state index is 12.4. The summed E-state index contributed by atoms with van der Waals surface area (Å²) in [6.45, 7) is 2.40. The molecule has 2 aromatic carbocycles. The number of nitrogens with zero attached hydrogens (tertiary/aromatic N) is 1. The van der Waals surface area contributed by atoms with Crippen molar-refractivity contribution in [2.45, 2.75) is 19.3 Å². The van der Waals surface area contributed by atoms with Gasteiger partial charge >= 0.3 is 5.97 Å². The Balaban J connectivity index is 2.19. The van der Waals surface area contributed by atoms with Gasteiger partial charge in [-0.3, -0.25) is 14.9 Å². The lowest BCUT2D eigenvalue weighted by atomic mass is 9.96. The van der Waals surface area contributed by atoms with Crippen LogP contribution < -0.4 is 5.32 Å². The lowest BCUT2D eigenvalue weighted by molar-refractivity contribution is -0.384. The van der Waals surface area contributed by atoms with Crippen LogP contribution >= 0.6 is 0 Å². The second-order valence-electron chi connectivity index (χ2n) is 5.74. The van der Waals surface area contributed by atoms with Gasteiger partial charge in [0.1, 0.15) is 0 Å². The molecule has 0 aliphatic rings. The highest BCUT2D eigenvalue weighted by molar-refractivity contribution is 5.99. The summed E-state index contributed by atoms with van der Waals surface area (Å²) in [6.07, 6.45) is 0.826. The van der Waals surface area contributed by atoms with E-state index in [1.54, 1.807) is 0 Å². The molecule has 1 unspecified atom stereocenters. The van der Waals surface area contributed by atoms with Gasteiger partial charge in [0.25, 0.3) is 11.6 Å². The SMILES string of the molecule is CCC(CNC(=O)c1cc(C(=O)OC)cc([N+](=O)[O-])c1)c1ccccc1. The van der Waals surface area contributed by atoms with Crippen LogP contribution in [-0.4, -0.2) is 30.5 Å². The van der Waals surface area contributed by atoms with Gasteiger partial charge in [-0.25, -0.2) is 4.79 Å². The Morgan fingerprint density at radius 1 is 1.15 bits per heavy atom. The van der Waals surface area contributed by atoms with Crippen LogP contribution in [0.25, 0.3) is 0 Å². The number of carbonyl (C=O) groups is 2. The van der Waals surface area contributed by atoms with Crippen LogP contribution in [0.3, 0.4) is 0 Å². The number of carbonyl (C=O) groups excluding carboxylic acids is 2. The van der Waals surface area contributed by atoms with E-state index < -0.39 is 16.8 Å². The minimum atomic E-state index is -0.738. The van der Waals surface area contributed by atoms with E-state index in [0.717, 1.165) is 24.1 Å². The van der Waals surface area contributed by atoms with Crippen molar-refractivity contribution in [3.05, 3.63) is 75.3 Å². The number of nitro groups is 1. The molecule has 0 fully saturated rings. The number of rotatable bonds is 7.